The Morgan fingerprint density at radius 2 is 0.327 bits per heavy atom. The van der Waals surface area contributed by atoms with Crippen molar-refractivity contribution in [2.75, 3.05) is 19.6 Å². The lowest BCUT2D eigenvalue weighted by atomic mass is 9.67. The highest BCUT2D eigenvalue weighted by Gasteiger charge is 2.51. The van der Waals surface area contributed by atoms with Gasteiger partial charge in [0.05, 0.1) is 16.2 Å². The normalized spacial score (nSPS) is 14.7. The Kier molecular flexibility index (Phi) is 23.1. The van der Waals surface area contributed by atoms with Crippen molar-refractivity contribution in [3.05, 3.63) is 655 Å². The highest BCUT2D eigenvalue weighted by molar-refractivity contribution is 5.96. The summed E-state index contributed by atoms with van der Waals surface area (Å²) in [6.45, 7) is 12.2. The van der Waals surface area contributed by atoms with Crippen LogP contribution in [0.2, 0.25) is 0 Å². The van der Waals surface area contributed by atoms with Crippen molar-refractivity contribution in [1.82, 2.24) is 0 Å². The van der Waals surface area contributed by atoms with E-state index in [0.29, 0.717) is 0 Å². The molecule has 0 bridgehead atoms. The third-order valence-corrected chi connectivity index (χ3v) is 29.9. The summed E-state index contributed by atoms with van der Waals surface area (Å²) in [5, 5.41) is 0. The van der Waals surface area contributed by atoms with E-state index >= 15 is 0 Å². The van der Waals surface area contributed by atoms with Crippen LogP contribution in [0.25, 0.3) is 73.9 Å². The Balaban J connectivity index is 0.539. The van der Waals surface area contributed by atoms with Gasteiger partial charge in [-0.05, 0) is 333 Å². The first-order chi connectivity index (χ1) is 72.7. The summed E-state index contributed by atoms with van der Waals surface area (Å²) in [6, 6.07) is 201. The molecule has 0 fully saturated rings. The molecule has 147 heavy (non-hydrogen) atoms. The molecule has 3 aliphatic carbocycles. The van der Waals surface area contributed by atoms with Gasteiger partial charge in [0, 0.05) is 68.2 Å². The zero-order valence-corrected chi connectivity index (χ0v) is 81.0. The summed E-state index contributed by atoms with van der Waals surface area (Å²) < 4.78 is 13.0. The Hall–Kier alpha value is -19.1. The highest BCUT2D eigenvalue weighted by atomic mass is 16.5. The molecule has 0 aliphatic heterocycles. The fraction of sp³-hybridized carbons (Fsp3) is 0.0213. The molecule has 0 aromatic heterocycles. The summed E-state index contributed by atoms with van der Waals surface area (Å²) in [5.41, 5.74) is 39.3. The van der Waals surface area contributed by atoms with E-state index in [1.165, 1.54) is 77.9 Å². The number of hydrogen-bond acceptors (Lipinski definition) is 6. The van der Waals surface area contributed by atoms with E-state index in [2.05, 4.69) is 543 Å². The van der Waals surface area contributed by atoms with E-state index in [1.54, 1.807) is 0 Å². The number of hydrogen-bond donors (Lipinski definition) is 0. The second-order valence-corrected chi connectivity index (χ2v) is 37.9. The summed E-state index contributed by atoms with van der Waals surface area (Å²) >= 11 is 0. The summed E-state index contributed by atoms with van der Waals surface area (Å²) in [4.78, 5) is 9.61. The van der Waals surface area contributed by atoms with Crippen LogP contribution in [0.3, 0.4) is 0 Å². The Morgan fingerprint density at radius 1 is 0.150 bits per heavy atom. The van der Waals surface area contributed by atoms with Crippen molar-refractivity contribution in [1.29, 1.82) is 0 Å². The molecule has 2 unspecified atom stereocenters. The molecule has 0 saturated heterocycles. The van der Waals surface area contributed by atoms with Crippen LogP contribution in [-0.4, -0.2) is 0 Å². The van der Waals surface area contributed by atoms with Gasteiger partial charge in [-0.15, -0.1) is 0 Å². The second kappa shape index (κ2) is 38.0. The average molecular weight is 1880 g/mol. The summed E-state index contributed by atoms with van der Waals surface area (Å²) in [7, 11) is 0. The molecule has 0 spiro atoms. The molecule has 0 amide bonds. The lowest BCUT2D eigenvalue weighted by Gasteiger charge is -2.36. The number of nitrogens with zero attached hydrogens (tertiary/aromatic N) is 4. The predicted octanol–water partition coefficient (Wildman–Crippen LogP) is 37.5. The molecule has 2 atom stereocenters. The predicted molar refractivity (Wildman–Crippen MR) is 611 cm³/mol. The van der Waals surface area contributed by atoms with Crippen LogP contribution in [0, 0.1) is 0 Å². The minimum Gasteiger partial charge on any atom is -0.457 e. The molecular formula is C141H100N4O2. The maximum atomic E-state index is 6.49. The Labute approximate surface area is 859 Å². The molecular weight excluding hydrogens is 1780 g/mol. The minimum absolute atomic E-state index is 0.665. The van der Waals surface area contributed by atoms with Crippen molar-refractivity contribution in [2.24, 2.45) is 0 Å². The smallest absolute Gasteiger partial charge is 0.127 e. The molecule has 0 heterocycles. The van der Waals surface area contributed by atoms with Gasteiger partial charge in [0.2, 0.25) is 0 Å². The fourth-order valence-corrected chi connectivity index (χ4v) is 23.2. The maximum absolute atomic E-state index is 6.49. The van der Waals surface area contributed by atoms with Crippen LogP contribution in [0.15, 0.2) is 572 Å². The first-order valence-electron chi connectivity index (χ1n) is 50.2. The molecule has 3 aliphatic rings. The SMILES string of the molecule is C=Cc1ccc(Oc2ccc(C3(c4ccccc4)c4ccccc4-c4ccc(N(c5ccccc5)c5ccc(-c6ccc(N(c7ccccc7)c7ccc8c(c7)C(c7ccccc7)(c7ccc(C=C)cc7)c7cc(N(c9ccccc9)c9ccc(-c%10ccc(N(c%11ccccc%11)c%11ccc%12c(c%11)C(c%11ccccc%11)(c%11ccc(Oc%13ccc(C=C)cc%13)cc%11)c%11ccccc%11-%12)cc%10)cc9)ccc7-8)cc6)cc5)cc43)cc2)cc1. The second-order valence-electron chi connectivity index (χ2n) is 37.9. The van der Waals surface area contributed by atoms with Crippen LogP contribution < -0.4 is 29.1 Å². The molecule has 0 N–H and O–H groups in total. The van der Waals surface area contributed by atoms with Gasteiger partial charge in [-0.1, -0.05) is 396 Å². The molecule has 22 aromatic rings. The van der Waals surface area contributed by atoms with Gasteiger partial charge < -0.3 is 29.1 Å². The molecule has 6 heteroatoms. The van der Waals surface area contributed by atoms with Crippen LogP contribution >= 0.6 is 0 Å². The number of anilines is 12. The maximum Gasteiger partial charge on any atom is 0.127 e. The van der Waals surface area contributed by atoms with Crippen molar-refractivity contribution < 1.29 is 9.47 Å². The summed E-state index contributed by atoms with van der Waals surface area (Å²) in [5.74, 6) is 3.07. The first-order valence-corrected chi connectivity index (χ1v) is 50.2. The van der Waals surface area contributed by atoms with E-state index in [1.807, 2.05) is 66.8 Å². The van der Waals surface area contributed by atoms with Gasteiger partial charge >= 0.3 is 0 Å². The number of benzene rings is 22. The van der Waals surface area contributed by atoms with Crippen molar-refractivity contribution in [3.63, 3.8) is 0 Å². The van der Waals surface area contributed by atoms with Crippen molar-refractivity contribution in [2.45, 2.75) is 16.2 Å². The lowest BCUT2D eigenvalue weighted by Crippen LogP contribution is -2.29. The van der Waals surface area contributed by atoms with E-state index in [-0.39, 0.29) is 0 Å². The van der Waals surface area contributed by atoms with Gasteiger partial charge in [-0.2, -0.15) is 0 Å². The van der Waals surface area contributed by atoms with Crippen molar-refractivity contribution >= 4 is 86.5 Å². The molecule has 696 valence electrons. The van der Waals surface area contributed by atoms with Gasteiger partial charge in [0.15, 0.2) is 0 Å². The number of rotatable bonds is 27. The standard InChI is InChI=1S/C141H100N4O2/c1-4-98-50-64-108(65-51-98)141(107-36-18-9-19-37-107)137-96-121(144(113-42-24-12-25-43-113)117-74-60-103(61-75-117)101-56-70-115(71-57-101)142(111-38-20-10-21-39-111)119-78-90-129-127-46-28-30-48-133(127)139(135(129)94-119,105-32-14-7-15-33-105)109-66-86-125(87-67-109)146-123-82-52-99(5-2)53-83-123)80-92-131(137)132-93-81-122(97-138(132)141)145(114-44-26-13-27-45-114)118-76-62-104(63-77-118)102-58-72-116(73-59-102)143(112-40-22-11-23-41-112)120-79-91-130-128-47-29-31-49-134(128)140(136(130)95-120,106-34-16-8-17-35-106)110-68-88-126(89-69-110)147-124-84-54-100(6-3)55-85-124/h4-97H,1-3H2. The van der Waals surface area contributed by atoms with Gasteiger partial charge in [0.25, 0.3) is 0 Å². The first kappa shape index (κ1) is 89.2. The number of ether oxygens (including phenoxy) is 2. The van der Waals surface area contributed by atoms with E-state index in [9.17, 15) is 0 Å². The quantitative estimate of drug-likeness (QED) is 0.0510. The fourth-order valence-electron chi connectivity index (χ4n) is 23.2. The van der Waals surface area contributed by atoms with Gasteiger partial charge in [-0.3, -0.25) is 0 Å². The van der Waals surface area contributed by atoms with Crippen molar-refractivity contribution in [3.8, 4) is 78.6 Å². The van der Waals surface area contributed by atoms with E-state index in [0.717, 1.165) is 152 Å². The molecule has 0 radical (unpaired) electrons. The van der Waals surface area contributed by atoms with Crippen LogP contribution in [0.1, 0.15) is 83.5 Å². The highest BCUT2D eigenvalue weighted by Crippen LogP contribution is 2.63. The van der Waals surface area contributed by atoms with Crippen LogP contribution in [-0.2, 0) is 16.2 Å². The van der Waals surface area contributed by atoms with Gasteiger partial charge in [0.1, 0.15) is 23.0 Å². The molecule has 6 nitrogen and oxygen atoms in total. The zero-order chi connectivity index (χ0) is 98.4. The summed E-state index contributed by atoms with van der Waals surface area (Å²) in [6.07, 6.45) is 5.63. The third-order valence-electron chi connectivity index (χ3n) is 29.9. The van der Waals surface area contributed by atoms with Crippen LogP contribution in [0.4, 0.5) is 68.2 Å². The Bertz CT molecular complexity index is 8150. The molecule has 0 saturated carbocycles. The Morgan fingerprint density at radius 3 is 0.571 bits per heavy atom. The van der Waals surface area contributed by atoms with Gasteiger partial charge in [-0.25, -0.2) is 0 Å². The van der Waals surface area contributed by atoms with E-state index in [4.69, 9.17) is 9.47 Å². The number of fused-ring (bicyclic) bond motifs is 9. The minimum atomic E-state index is -0.814. The topological polar surface area (TPSA) is 31.4 Å². The number of para-hydroxylation sites is 4. The van der Waals surface area contributed by atoms with E-state index < -0.39 is 16.2 Å². The largest absolute Gasteiger partial charge is 0.457 e. The molecule has 22 aromatic carbocycles. The zero-order valence-electron chi connectivity index (χ0n) is 81.0. The monoisotopic (exact) mass is 1880 g/mol. The lowest BCUT2D eigenvalue weighted by molar-refractivity contribution is 0.482. The van der Waals surface area contributed by atoms with Crippen LogP contribution in [0.5, 0.6) is 23.0 Å². The molecule has 25 rings (SSSR count). The average Bonchev–Trinajstić information content (AvgIpc) is 1.54. The third kappa shape index (κ3) is 15.7.